The summed E-state index contributed by atoms with van der Waals surface area (Å²) in [5, 5.41) is 12.9. The quantitative estimate of drug-likeness (QED) is 0.905. The lowest BCUT2D eigenvalue weighted by atomic mass is 10.0. The third kappa shape index (κ3) is 3.59. The van der Waals surface area contributed by atoms with E-state index >= 15 is 0 Å². The summed E-state index contributed by atoms with van der Waals surface area (Å²) in [6.07, 6.45) is 5.30. The van der Waals surface area contributed by atoms with Gasteiger partial charge in [-0.2, -0.15) is 0 Å². The van der Waals surface area contributed by atoms with Crippen LogP contribution in [0.2, 0.25) is 0 Å². The normalized spacial score (nSPS) is 17.8. The van der Waals surface area contributed by atoms with Crippen molar-refractivity contribution in [1.82, 2.24) is 15.3 Å². The van der Waals surface area contributed by atoms with Crippen molar-refractivity contribution < 1.29 is 9.90 Å². The molecule has 2 aromatic rings. The van der Waals surface area contributed by atoms with Crippen molar-refractivity contribution in [2.45, 2.75) is 25.8 Å². The standard InChI is InChI=1S/C17H20N4O2/c1-12-5-6-14(15(22)10-12)16(23)20-13-4-2-9-21(11-13)17-18-7-3-8-19-17/h3,5-8,10,13,22H,2,4,9,11H2,1H3,(H,20,23)/t13-/m1/s1. The fourth-order valence-electron chi connectivity index (χ4n) is 2.83. The van der Waals surface area contributed by atoms with E-state index in [-0.39, 0.29) is 17.7 Å². The second-order valence-corrected chi connectivity index (χ2v) is 5.83. The van der Waals surface area contributed by atoms with Gasteiger partial charge in [0.15, 0.2) is 0 Å². The number of anilines is 1. The van der Waals surface area contributed by atoms with Crippen LogP contribution in [0.25, 0.3) is 0 Å². The third-order valence-corrected chi connectivity index (χ3v) is 3.99. The predicted molar refractivity (Wildman–Crippen MR) is 87.6 cm³/mol. The van der Waals surface area contributed by atoms with Crippen LogP contribution in [0.3, 0.4) is 0 Å². The molecule has 1 aromatic heterocycles. The molecule has 2 N–H and O–H groups in total. The zero-order valence-electron chi connectivity index (χ0n) is 13.1. The Hall–Kier alpha value is -2.63. The fourth-order valence-corrected chi connectivity index (χ4v) is 2.83. The summed E-state index contributed by atoms with van der Waals surface area (Å²) in [7, 11) is 0. The maximum absolute atomic E-state index is 12.4. The highest BCUT2D eigenvalue weighted by atomic mass is 16.3. The lowest BCUT2D eigenvalue weighted by Crippen LogP contribution is -2.48. The lowest BCUT2D eigenvalue weighted by molar-refractivity contribution is 0.0930. The molecule has 2 heterocycles. The van der Waals surface area contributed by atoms with E-state index in [2.05, 4.69) is 20.2 Å². The molecular weight excluding hydrogens is 292 g/mol. The van der Waals surface area contributed by atoms with Gasteiger partial charge in [0.25, 0.3) is 5.91 Å². The number of carbonyl (C=O) groups is 1. The predicted octanol–water partition coefficient (Wildman–Crippen LogP) is 1.89. The molecule has 120 valence electrons. The Kier molecular flexibility index (Phi) is 4.41. The van der Waals surface area contributed by atoms with Gasteiger partial charge in [-0.25, -0.2) is 9.97 Å². The monoisotopic (exact) mass is 312 g/mol. The fraction of sp³-hybridized carbons (Fsp3) is 0.353. The summed E-state index contributed by atoms with van der Waals surface area (Å²) >= 11 is 0. The maximum atomic E-state index is 12.4. The molecule has 1 atom stereocenters. The van der Waals surface area contributed by atoms with Crippen molar-refractivity contribution in [3.8, 4) is 5.75 Å². The van der Waals surface area contributed by atoms with Gasteiger partial charge in [0, 0.05) is 31.5 Å². The number of phenols is 1. The van der Waals surface area contributed by atoms with Crippen LogP contribution >= 0.6 is 0 Å². The molecule has 1 fully saturated rings. The van der Waals surface area contributed by atoms with Crippen molar-refractivity contribution in [2.24, 2.45) is 0 Å². The van der Waals surface area contributed by atoms with Crippen LogP contribution in [-0.2, 0) is 0 Å². The first-order chi connectivity index (χ1) is 11.1. The van der Waals surface area contributed by atoms with Crippen LogP contribution < -0.4 is 10.2 Å². The second-order valence-electron chi connectivity index (χ2n) is 5.83. The first kappa shape index (κ1) is 15.3. The van der Waals surface area contributed by atoms with Crippen LogP contribution in [-0.4, -0.2) is 40.1 Å². The zero-order chi connectivity index (χ0) is 16.2. The van der Waals surface area contributed by atoms with E-state index in [4.69, 9.17) is 0 Å². The number of nitrogens with one attached hydrogen (secondary N) is 1. The molecule has 0 aliphatic carbocycles. The average Bonchev–Trinajstić information content (AvgIpc) is 2.56. The molecular formula is C17H20N4O2. The Morgan fingerprint density at radius 2 is 2.13 bits per heavy atom. The molecule has 1 aliphatic heterocycles. The van der Waals surface area contributed by atoms with Gasteiger partial charge in [0.05, 0.1) is 5.56 Å². The van der Waals surface area contributed by atoms with Crippen LogP contribution in [0.15, 0.2) is 36.7 Å². The Morgan fingerprint density at radius 3 is 2.87 bits per heavy atom. The molecule has 6 nitrogen and oxygen atoms in total. The minimum Gasteiger partial charge on any atom is -0.507 e. The Bertz CT molecular complexity index is 690. The smallest absolute Gasteiger partial charge is 0.255 e. The SMILES string of the molecule is Cc1ccc(C(=O)N[C@@H]2CCCN(c3ncccn3)C2)c(O)c1. The number of aryl methyl sites for hydroxylation is 1. The molecule has 0 spiro atoms. The molecule has 1 saturated heterocycles. The van der Waals surface area contributed by atoms with E-state index in [0.29, 0.717) is 18.1 Å². The molecule has 23 heavy (non-hydrogen) atoms. The number of hydrogen-bond donors (Lipinski definition) is 2. The molecule has 1 aliphatic rings. The van der Waals surface area contributed by atoms with Gasteiger partial charge in [0.2, 0.25) is 5.95 Å². The summed E-state index contributed by atoms with van der Waals surface area (Å²) in [6.45, 7) is 3.43. The van der Waals surface area contributed by atoms with Crippen molar-refractivity contribution in [3.63, 3.8) is 0 Å². The second kappa shape index (κ2) is 6.64. The van der Waals surface area contributed by atoms with Gasteiger partial charge >= 0.3 is 0 Å². The minimum atomic E-state index is -0.247. The van der Waals surface area contributed by atoms with Crippen LogP contribution in [0.4, 0.5) is 5.95 Å². The van der Waals surface area contributed by atoms with E-state index in [9.17, 15) is 9.90 Å². The molecule has 3 rings (SSSR count). The number of phenolic OH excluding ortho intramolecular Hbond substituents is 1. The average molecular weight is 312 g/mol. The summed E-state index contributed by atoms with van der Waals surface area (Å²) in [5.74, 6) is 0.453. The van der Waals surface area contributed by atoms with Crippen molar-refractivity contribution in [3.05, 3.63) is 47.8 Å². The van der Waals surface area contributed by atoms with E-state index in [1.807, 2.05) is 13.0 Å². The number of amides is 1. The molecule has 1 amide bonds. The van der Waals surface area contributed by atoms with Crippen molar-refractivity contribution >= 4 is 11.9 Å². The topological polar surface area (TPSA) is 78.4 Å². The van der Waals surface area contributed by atoms with Gasteiger partial charge in [-0.1, -0.05) is 6.07 Å². The third-order valence-electron chi connectivity index (χ3n) is 3.99. The highest BCUT2D eigenvalue weighted by Gasteiger charge is 2.24. The van der Waals surface area contributed by atoms with Crippen LogP contribution in [0, 0.1) is 6.92 Å². The Labute approximate surface area is 135 Å². The van der Waals surface area contributed by atoms with Crippen LogP contribution in [0.5, 0.6) is 5.75 Å². The van der Waals surface area contributed by atoms with E-state index in [1.54, 1.807) is 30.6 Å². The molecule has 6 heteroatoms. The number of carbonyl (C=O) groups excluding carboxylic acids is 1. The molecule has 0 bridgehead atoms. The number of rotatable bonds is 3. The maximum Gasteiger partial charge on any atom is 0.255 e. The van der Waals surface area contributed by atoms with E-state index < -0.39 is 0 Å². The number of hydrogen-bond acceptors (Lipinski definition) is 5. The van der Waals surface area contributed by atoms with Crippen molar-refractivity contribution in [2.75, 3.05) is 18.0 Å². The lowest BCUT2D eigenvalue weighted by Gasteiger charge is -2.33. The largest absolute Gasteiger partial charge is 0.507 e. The summed E-state index contributed by atoms with van der Waals surface area (Å²) in [6, 6.07) is 6.87. The number of nitrogens with zero attached hydrogens (tertiary/aromatic N) is 3. The Morgan fingerprint density at radius 1 is 1.35 bits per heavy atom. The van der Waals surface area contributed by atoms with Gasteiger partial charge in [-0.3, -0.25) is 4.79 Å². The molecule has 1 aromatic carbocycles. The number of aromatic hydroxyl groups is 1. The molecule has 0 unspecified atom stereocenters. The first-order valence-electron chi connectivity index (χ1n) is 7.76. The zero-order valence-corrected chi connectivity index (χ0v) is 13.1. The molecule has 0 saturated carbocycles. The van der Waals surface area contributed by atoms with Crippen molar-refractivity contribution in [1.29, 1.82) is 0 Å². The highest BCUT2D eigenvalue weighted by Crippen LogP contribution is 2.20. The van der Waals surface area contributed by atoms with E-state index in [0.717, 1.165) is 24.9 Å². The highest BCUT2D eigenvalue weighted by molar-refractivity contribution is 5.97. The summed E-state index contributed by atoms with van der Waals surface area (Å²) in [4.78, 5) is 23.0. The van der Waals surface area contributed by atoms with Gasteiger partial charge in [0.1, 0.15) is 5.75 Å². The first-order valence-corrected chi connectivity index (χ1v) is 7.76. The molecule has 0 radical (unpaired) electrons. The summed E-state index contributed by atoms with van der Waals surface area (Å²) in [5.41, 5.74) is 1.23. The van der Waals surface area contributed by atoms with Gasteiger partial charge in [-0.05, 0) is 43.5 Å². The van der Waals surface area contributed by atoms with E-state index in [1.165, 1.54) is 0 Å². The number of piperidine rings is 1. The van der Waals surface area contributed by atoms with Gasteiger partial charge in [-0.15, -0.1) is 0 Å². The summed E-state index contributed by atoms with van der Waals surface area (Å²) < 4.78 is 0. The van der Waals surface area contributed by atoms with Gasteiger partial charge < -0.3 is 15.3 Å². The number of aromatic nitrogens is 2. The minimum absolute atomic E-state index is 0.0146. The Balaban J connectivity index is 1.66. The number of benzene rings is 1. The van der Waals surface area contributed by atoms with Crippen LogP contribution in [0.1, 0.15) is 28.8 Å².